The first-order valence-electron chi connectivity index (χ1n) is 10.4. The van der Waals surface area contributed by atoms with Crippen LogP contribution in [-0.4, -0.2) is 52.9 Å². The summed E-state index contributed by atoms with van der Waals surface area (Å²) in [5, 5.41) is 6.37. The number of halogens is 1. The third kappa shape index (κ3) is 4.31. The Morgan fingerprint density at radius 3 is 2.70 bits per heavy atom. The number of nitrogens with one attached hydrogen (secondary N) is 1. The van der Waals surface area contributed by atoms with Crippen molar-refractivity contribution in [3.63, 3.8) is 0 Å². The van der Waals surface area contributed by atoms with Gasteiger partial charge in [0, 0.05) is 31.7 Å². The minimum absolute atomic E-state index is 0.0493. The zero-order chi connectivity index (χ0) is 22.9. The second-order valence-corrected chi connectivity index (χ2v) is 9.65. The second-order valence-electron chi connectivity index (χ2n) is 7.70. The van der Waals surface area contributed by atoms with Crippen molar-refractivity contribution >= 4 is 55.5 Å². The number of carbonyl (C=O) groups excluding carboxylic acids is 2. The molecule has 3 aromatic heterocycles. The lowest BCUT2D eigenvalue weighted by atomic mass is 10.2. The Hall–Kier alpha value is -3.37. The zero-order valence-corrected chi connectivity index (χ0v) is 19.4. The van der Waals surface area contributed by atoms with Crippen LogP contribution >= 0.6 is 22.7 Å². The number of amides is 2. The van der Waals surface area contributed by atoms with Gasteiger partial charge in [0.25, 0.3) is 11.8 Å². The number of aryl methyl sites for hydroxylation is 1. The van der Waals surface area contributed by atoms with Crippen LogP contribution in [-0.2, 0) is 0 Å². The summed E-state index contributed by atoms with van der Waals surface area (Å²) in [5.41, 5.74) is 1.03. The molecule has 0 atom stereocenters. The Morgan fingerprint density at radius 1 is 1.09 bits per heavy atom. The van der Waals surface area contributed by atoms with Crippen molar-refractivity contribution in [1.82, 2.24) is 14.9 Å². The van der Waals surface area contributed by atoms with E-state index in [2.05, 4.69) is 20.2 Å². The standard InChI is InChI=1S/C23H20FN5O2S2/c1-14-11-18(27-21(30)15-3-2-4-16(24)12-15)33-19(14)23(31)29-8-6-28(7-9-29)20-17-5-10-32-22(17)26-13-25-20/h2-5,10-13H,6-9H2,1H3,(H,27,30). The van der Waals surface area contributed by atoms with Crippen LogP contribution in [0.15, 0.2) is 48.1 Å². The summed E-state index contributed by atoms with van der Waals surface area (Å²) in [6.07, 6.45) is 1.58. The third-order valence-electron chi connectivity index (χ3n) is 5.54. The van der Waals surface area contributed by atoms with E-state index in [9.17, 15) is 14.0 Å². The summed E-state index contributed by atoms with van der Waals surface area (Å²) in [5.74, 6) is -0.0237. The highest BCUT2D eigenvalue weighted by Gasteiger charge is 2.26. The molecule has 4 heterocycles. The molecule has 0 saturated carbocycles. The Labute approximate surface area is 197 Å². The maximum Gasteiger partial charge on any atom is 0.264 e. The van der Waals surface area contributed by atoms with Crippen molar-refractivity contribution in [3.8, 4) is 0 Å². The van der Waals surface area contributed by atoms with Crippen LogP contribution in [0.5, 0.6) is 0 Å². The molecular weight excluding hydrogens is 461 g/mol. The van der Waals surface area contributed by atoms with Crippen LogP contribution in [0.4, 0.5) is 15.2 Å². The quantitative estimate of drug-likeness (QED) is 0.467. The van der Waals surface area contributed by atoms with Crippen LogP contribution < -0.4 is 10.2 Å². The molecule has 5 rings (SSSR count). The number of fused-ring (bicyclic) bond motifs is 1. The highest BCUT2D eigenvalue weighted by molar-refractivity contribution is 7.18. The van der Waals surface area contributed by atoms with Gasteiger partial charge in [-0.15, -0.1) is 22.7 Å². The molecule has 1 aromatic carbocycles. The molecule has 0 radical (unpaired) electrons. The SMILES string of the molecule is Cc1cc(NC(=O)c2cccc(F)c2)sc1C(=O)N1CCN(c2ncnc3sccc23)CC1. The second kappa shape index (κ2) is 8.87. The van der Waals surface area contributed by atoms with E-state index < -0.39 is 11.7 Å². The Bertz CT molecular complexity index is 1340. The van der Waals surface area contributed by atoms with Gasteiger partial charge in [-0.2, -0.15) is 0 Å². The lowest BCUT2D eigenvalue weighted by Gasteiger charge is -2.35. The van der Waals surface area contributed by atoms with Crippen LogP contribution in [0.2, 0.25) is 0 Å². The molecule has 0 bridgehead atoms. The first-order valence-corrected chi connectivity index (χ1v) is 12.1. The number of carbonyl (C=O) groups is 2. The number of piperazine rings is 1. The molecule has 10 heteroatoms. The fourth-order valence-corrected chi connectivity index (χ4v) is 5.63. The normalized spacial score (nSPS) is 14.0. The molecule has 4 aromatic rings. The number of benzene rings is 1. The van der Waals surface area contributed by atoms with Crippen LogP contribution in [0.25, 0.3) is 10.2 Å². The molecule has 168 valence electrons. The minimum Gasteiger partial charge on any atom is -0.352 e. The predicted molar refractivity (Wildman–Crippen MR) is 129 cm³/mol. The predicted octanol–water partition coefficient (Wildman–Crippen LogP) is 4.42. The highest BCUT2D eigenvalue weighted by atomic mass is 32.1. The maximum absolute atomic E-state index is 13.4. The van der Waals surface area contributed by atoms with Crippen molar-refractivity contribution < 1.29 is 14.0 Å². The smallest absolute Gasteiger partial charge is 0.264 e. The first kappa shape index (κ1) is 21.5. The van der Waals surface area contributed by atoms with E-state index >= 15 is 0 Å². The van der Waals surface area contributed by atoms with E-state index in [-0.39, 0.29) is 11.5 Å². The number of hydrogen-bond donors (Lipinski definition) is 1. The van der Waals surface area contributed by atoms with E-state index in [1.165, 1.54) is 29.5 Å². The summed E-state index contributed by atoms with van der Waals surface area (Å²) in [6.45, 7) is 4.38. The fourth-order valence-electron chi connectivity index (χ4n) is 3.86. The molecule has 1 saturated heterocycles. The van der Waals surface area contributed by atoms with Gasteiger partial charge in [0.15, 0.2) is 0 Å². The average molecular weight is 482 g/mol. The van der Waals surface area contributed by atoms with Crippen LogP contribution in [0.3, 0.4) is 0 Å². The molecule has 33 heavy (non-hydrogen) atoms. The molecule has 1 aliphatic heterocycles. The van der Waals surface area contributed by atoms with Crippen LogP contribution in [0, 0.1) is 12.7 Å². The largest absolute Gasteiger partial charge is 0.352 e. The van der Waals surface area contributed by atoms with E-state index in [0.29, 0.717) is 36.1 Å². The Kier molecular flexibility index (Phi) is 5.77. The van der Waals surface area contributed by atoms with Gasteiger partial charge in [0.2, 0.25) is 0 Å². The van der Waals surface area contributed by atoms with Gasteiger partial charge in [0.05, 0.1) is 15.3 Å². The number of rotatable bonds is 4. The molecule has 0 unspecified atom stereocenters. The van der Waals surface area contributed by atoms with Gasteiger partial charge in [-0.1, -0.05) is 6.07 Å². The number of anilines is 2. The third-order valence-corrected chi connectivity index (χ3v) is 7.50. The van der Waals surface area contributed by atoms with Crippen molar-refractivity contribution in [2.24, 2.45) is 0 Å². The average Bonchev–Trinajstić information content (AvgIpc) is 3.45. The van der Waals surface area contributed by atoms with Gasteiger partial charge in [-0.3, -0.25) is 9.59 Å². The summed E-state index contributed by atoms with van der Waals surface area (Å²) in [7, 11) is 0. The topological polar surface area (TPSA) is 78.4 Å². The van der Waals surface area contributed by atoms with Crippen molar-refractivity contribution in [1.29, 1.82) is 0 Å². The van der Waals surface area contributed by atoms with Crippen molar-refractivity contribution in [2.75, 3.05) is 36.4 Å². The summed E-state index contributed by atoms with van der Waals surface area (Å²) >= 11 is 2.82. The molecule has 2 amide bonds. The molecular formula is C23H20FN5O2S2. The fraction of sp³-hybridized carbons (Fsp3) is 0.217. The van der Waals surface area contributed by atoms with E-state index in [0.717, 1.165) is 21.6 Å². The zero-order valence-electron chi connectivity index (χ0n) is 17.7. The summed E-state index contributed by atoms with van der Waals surface area (Å²) in [4.78, 5) is 39.9. The van der Waals surface area contributed by atoms with E-state index in [1.54, 1.807) is 29.8 Å². The maximum atomic E-state index is 13.4. The number of aromatic nitrogens is 2. The van der Waals surface area contributed by atoms with Crippen molar-refractivity contribution in [3.05, 3.63) is 69.9 Å². The van der Waals surface area contributed by atoms with Crippen molar-refractivity contribution in [2.45, 2.75) is 6.92 Å². The summed E-state index contributed by atoms with van der Waals surface area (Å²) in [6, 6.07) is 9.32. The molecule has 0 aliphatic carbocycles. The van der Waals surface area contributed by atoms with E-state index in [1.807, 2.05) is 23.3 Å². The van der Waals surface area contributed by atoms with E-state index in [4.69, 9.17) is 0 Å². The van der Waals surface area contributed by atoms with Gasteiger partial charge < -0.3 is 15.1 Å². The minimum atomic E-state index is -0.471. The lowest BCUT2D eigenvalue weighted by molar-refractivity contribution is 0.0750. The number of nitrogens with zero attached hydrogens (tertiary/aromatic N) is 4. The van der Waals surface area contributed by atoms with Gasteiger partial charge >= 0.3 is 0 Å². The number of hydrogen-bond acceptors (Lipinski definition) is 7. The lowest BCUT2D eigenvalue weighted by Crippen LogP contribution is -2.49. The Balaban J connectivity index is 1.25. The van der Waals surface area contributed by atoms with Gasteiger partial charge in [-0.25, -0.2) is 14.4 Å². The van der Waals surface area contributed by atoms with Gasteiger partial charge in [-0.05, 0) is 48.2 Å². The molecule has 1 aliphatic rings. The number of thiophene rings is 2. The highest BCUT2D eigenvalue weighted by Crippen LogP contribution is 2.30. The van der Waals surface area contributed by atoms with Crippen LogP contribution in [0.1, 0.15) is 25.6 Å². The van der Waals surface area contributed by atoms with Gasteiger partial charge in [0.1, 0.15) is 22.8 Å². The molecule has 0 spiro atoms. The molecule has 1 N–H and O–H groups in total. The monoisotopic (exact) mass is 481 g/mol. The first-order chi connectivity index (χ1) is 16.0. The summed E-state index contributed by atoms with van der Waals surface area (Å²) < 4.78 is 13.4. The molecule has 1 fully saturated rings. The molecule has 7 nitrogen and oxygen atoms in total. The Morgan fingerprint density at radius 2 is 1.91 bits per heavy atom.